The molecule has 0 bridgehead atoms. The number of amides is 1. The van der Waals surface area contributed by atoms with E-state index in [9.17, 15) is 4.79 Å². The minimum absolute atomic E-state index is 0. The predicted octanol–water partition coefficient (Wildman–Crippen LogP) is 1.56. The van der Waals surface area contributed by atoms with Crippen LogP contribution >= 0.6 is 35.3 Å². The van der Waals surface area contributed by atoms with Crippen molar-refractivity contribution in [2.24, 2.45) is 4.99 Å². The molecule has 0 aromatic carbocycles. The summed E-state index contributed by atoms with van der Waals surface area (Å²) in [5, 5.41) is 10.1. The van der Waals surface area contributed by atoms with Gasteiger partial charge in [-0.3, -0.25) is 9.79 Å². The summed E-state index contributed by atoms with van der Waals surface area (Å²) < 4.78 is 0. The van der Waals surface area contributed by atoms with Gasteiger partial charge >= 0.3 is 0 Å². The molecule has 6 nitrogen and oxygen atoms in total. The maximum atomic E-state index is 11.5. The Balaban J connectivity index is 0.00000441. The molecule has 0 aliphatic heterocycles. The number of hydrogen-bond acceptors (Lipinski definition) is 4. The van der Waals surface area contributed by atoms with E-state index < -0.39 is 0 Å². The van der Waals surface area contributed by atoms with Gasteiger partial charge in [0.1, 0.15) is 0 Å². The molecule has 1 amide bonds. The van der Waals surface area contributed by atoms with Gasteiger partial charge in [-0.15, -0.1) is 35.3 Å². The highest BCUT2D eigenvalue weighted by atomic mass is 127. The number of aromatic nitrogens is 1. The molecule has 0 aliphatic carbocycles. The first-order valence-electron chi connectivity index (χ1n) is 7.34. The second kappa shape index (κ2) is 12.6. The maximum Gasteiger partial charge on any atom is 0.239 e. The van der Waals surface area contributed by atoms with E-state index in [4.69, 9.17) is 0 Å². The number of thiazole rings is 1. The summed E-state index contributed by atoms with van der Waals surface area (Å²) in [4.78, 5) is 21.3. The van der Waals surface area contributed by atoms with Gasteiger partial charge in [-0.1, -0.05) is 13.8 Å². The molecule has 3 N–H and O–H groups in total. The Hall–Kier alpha value is -0.900. The van der Waals surface area contributed by atoms with Crippen LogP contribution in [0, 0.1) is 0 Å². The number of carbonyl (C=O) groups is 1. The summed E-state index contributed by atoms with van der Waals surface area (Å²) >= 11 is 1.74. The zero-order valence-electron chi connectivity index (χ0n) is 13.4. The SMILES string of the molecule is CCCNC(=O)CNC(=NC)NCCc1ncc(CC)s1.I. The average molecular weight is 439 g/mol. The largest absolute Gasteiger partial charge is 0.356 e. The van der Waals surface area contributed by atoms with Crippen LogP contribution in [0.3, 0.4) is 0 Å². The standard InChI is InChI=1S/C14H25N5OS.HI/c1-4-7-16-12(20)10-19-14(15-3)17-8-6-13-18-9-11(5-2)21-13;/h9H,4-8,10H2,1-3H3,(H,16,20)(H2,15,17,19);1H. The first kappa shape index (κ1) is 21.1. The fourth-order valence-corrected chi connectivity index (χ4v) is 2.49. The van der Waals surface area contributed by atoms with Gasteiger partial charge in [0.15, 0.2) is 5.96 Å². The summed E-state index contributed by atoms with van der Waals surface area (Å²) in [6.45, 7) is 5.84. The Morgan fingerprint density at radius 3 is 2.64 bits per heavy atom. The van der Waals surface area contributed by atoms with Crippen molar-refractivity contribution >= 4 is 47.2 Å². The third kappa shape index (κ3) is 8.52. The van der Waals surface area contributed by atoms with E-state index in [0.717, 1.165) is 30.8 Å². The van der Waals surface area contributed by atoms with Crippen LogP contribution in [0.25, 0.3) is 0 Å². The maximum absolute atomic E-state index is 11.5. The molecule has 22 heavy (non-hydrogen) atoms. The Labute approximate surface area is 153 Å². The van der Waals surface area contributed by atoms with Gasteiger partial charge in [0.25, 0.3) is 0 Å². The van der Waals surface area contributed by atoms with E-state index in [2.05, 4.69) is 32.9 Å². The molecule has 8 heteroatoms. The first-order valence-corrected chi connectivity index (χ1v) is 8.16. The highest BCUT2D eigenvalue weighted by Crippen LogP contribution is 2.13. The van der Waals surface area contributed by atoms with Crippen molar-refractivity contribution in [3.05, 3.63) is 16.1 Å². The molecule has 0 aliphatic rings. The lowest BCUT2D eigenvalue weighted by molar-refractivity contribution is -0.120. The van der Waals surface area contributed by atoms with Crippen LogP contribution in [0.1, 0.15) is 30.2 Å². The van der Waals surface area contributed by atoms with Crippen LogP contribution in [0.2, 0.25) is 0 Å². The molecule has 0 saturated heterocycles. The number of nitrogens with zero attached hydrogens (tertiary/aromatic N) is 2. The lowest BCUT2D eigenvalue weighted by Gasteiger charge is -2.11. The molecule has 1 heterocycles. The van der Waals surface area contributed by atoms with Crippen LogP contribution in [0.5, 0.6) is 0 Å². The average Bonchev–Trinajstić information content (AvgIpc) is 2.96. The van der Waals surface area contributed by atoms with Crippen molar-refractivity contribution in [2.75, 3.05) is 26.7 Å². The Kier molecular flexibility index (Phi) is 12.1. The molecule has 1 aromatic rings. The molecule has 0 saturated carbocycles. The van der Waals surface area contributed by atoms with Crippen LogP contribution < -0.4 is 16.0 Å². The predicted molar refractivity (Wildman–Crippen MR) is 103 cm³/mol. The summed E-state index contributed by atoms with van der Waals surface area (Å²) in [6, 6.07) is 0. The molecule has 0 spiro atoms. The zero-order valence-corrected chi connectivity index (χ0v) is 16.6. The number of hydrogen-bond donors (Lipinski definition) is 3. The molecule has 1 rings (SSSR count). The summed E-state index contributed by atoms with van der Waals surface area (Å²) in [5.74, 6) is 0.612. The lowest BCUT2D eigenvalue weighted by atomic mass is 10.4. The Morgan fingerprint density at radius 1 is 1.27 bits per heavy atom. The smallest absolute Gasteiger partial charge is 0.239 e. The second-order valence-corrected chi connectivity index (χ2v) is 5.73. The topological polar surface area (TPSA) is 78.4 Å². The third-order valence-corrected chi connectivity index (χ3v) is 3.99. The number of guanidine groups is 1. The van der Waals surface area contributed by atoms with E-state index in [0.29, 0.717) is 12.5 Å². The van der Waals surface area contributed by atoms with Gasteiger partial charge in [-0.25, -0.2) is 4.98 Å². The number of nitrogens with one attached hydrogen (secondary N) is 3. The number of aliphatic imine (C=N–C) groups is 1. The van der Waals surface area contributed by atoms with E-state index in [1.165, 1.54) is 4.88 Å². The molecular formula is C14H26IN5OS. The number of rotatable bonds is 8. The van der Waals surface area contributed by atoms with Gasteiger partial charge < -0.3 is 16.0 Å². The summed E-state index contributed by atoms with van der Waals surface area (Å²) in [5.41, 5.74) is 0. The van der Waals surface area contributed by atoms with Gasteiger partial charge in [-0.05, 0) is 12.8 Å². The minimum atomic E-state index is -0.0210. The summed E-state index contributed by atoms with van der Waals surface area (Å²) in [6.07, 6.45) is 4.76. The van der Waals surface area contributed by atoms with Gasteiger partial charge in [0.05, 0.1) is 11.6 Å². The van der Waals surface area contributed by atoms with Gasteiger partial charge in [-0.2, -0.15) is 0 Å². The van der Waals surface area contributed by atoms with Crippen LogP contribution in [0.4, 0.5) is 0 Å². The molecule has 126 valence electrons. The van der Waals surface area contributed by atoms with Crippen LogP contribution in [0.15, 0.2) is 11.2 Å². The zero-order chi connectivity index (χ0) is 15.5. The fraction of sp³-hybridized carbons (Fsp3) is 0.643. The molecule has 0 atom stereocenters. The van der Waals surface area contributed by atoms with E-state index in [1.807, 2.05) is 13.1 Å². The minimum Gasteiger partial charge on any atom is -0.356 e. The van der Waals surface area contributed by atoms with Crippen molar-refractivity contribution in [1.82, 2.24) is 20.9 Å². The first-order chi connectivity index (χ1) is 10.2. The quantitative estimate of drug-likeness (QED) is 0.327. The fourth-order valence-electron chi connectivity index (χ4n) is 1.63. The summed E-state index contributed by atoms with van der Waals surface area (Å²) in [7, 11) is 1.69. The number of carbonyl (C=O) groups excluding carboxylic acids is 1. The van der Waals surface area contributed by atoms with Crippen molar-refractivity contribution in [3.63, 3.8) is 0 Å². The van der Waals surface area contributed by atoms with Crippen molar-refractivity contribution in [3.8, 4) is 0 Å². The molecule has 0 unspecified atom stereocenters. The van der Waals surface area contributed by atoms with Gasteiger partial charge in [0, 0.05) is 37.6 Å². The molecule has 1 aromatic heterocycles. The Morgan fingerprint density at radius 2 is 2.05 bits per heavy atom. The molecular weight excluding hydrogens is 413 g/mol. The number of halogens is 1. The van der Waals surface area contributed by atoms with Crippen LogP contribution in [-0.4, -0.2) is 43.5 Å². The Bertz CT molecular complexity index is 464. The highest BCUT2D eigenvalue weighted by Gasteiger charge is 2.04. The van der Waals surface area contributed by atoms with Crippen molar-refractivity contribution in [2.45, 2.75) is 33.1 Å². The highest BCUT2D eigenvalue weighted by molar-refractivity contribution is 14.0. The lowest BCUT2D eigenvalue weighted by Crippen LogP contribution is -2.43. The molecule has 0 fully saturated rings. The van der Waals surface area contributed by atoms with Gasteiger partial charge in [0.2, 0.25) is 5.91 Å². The van der Waals surface area contributed by atoms with E-state index in [1.54, 1.807) is 18.4 Å². The normalized spacial score (nSPS) is 10.8. The third-order valence-electron chi connectivity index (χ3n) is 2.79. The molecule has 0 radical (unpaired) electrons. The van der Waals surface area contributed by atoms with Crippen molar-refractivity contribution in [1.29, 1.82) is 0 Å². The van der Waals surface area contributed by atoms with E-state index in [-0.39, 0.29) is 36.4 Å². The van der Waals surface area contributed by atoms with Crippen molar-refractivity contribution < 1.29 is 4.79 Å². The van der Waals surface area contributed by atoms with E-state index >= 15 is 0 Å². The van der Waals surface area contributed by atoms with Crippen LogP contribution in [-0.2, 0) is 17.6 Å². The number of aryl methyl sites for hydroxylation is 1. The second-order valence-electron chi connectivity index (χ2n) is 4.53. The monoisotopic (exact) mass is 439 g/mol.